The molecule has 2 heterocycles. The highest BCUT2D eigenvalue weighted by atomic mass is 16.6. The highest BCUT2D eigenvalue weighted by Gasteiger charge is 2.18. The van der Waals surface area contributed by atoms with E-state index in [1.54, 1.807) is 20.1 Å². The molecule has 0 saturated heterocycles. The second-order valence-corrected chi connectivity index (χ2v) is 11.3. The van der Waals surface area contributed by atoms with Crippen LogP contribution < -0.4 is 10.5 Å². The Morgan fingerprint density at radius 2 is 1.82 bits per heavy atom. The molecule has 0 unspecified atom stereocenters. The lowest BCUT2D eigenvalue weighted by molar-refractivity contribution is -0.145. The van der Waals surface area contributed by atoms with Gasteiger partial charge in [0.05, 0.1) is 24.2 Å². The van der Waals surface area contributed by atoms with Crippen molar-refractivity contribution in [3.8, 4) is 5.75 Å². The summed E-state index contributed by atoms with van der Waals surface area (Å²) < 4.78 is 18.2. The minimum absolute atomic E-state index is 0.119. The molecular weight excluding hydrogens is 572 g/mol. The number of amides is 1. The van der Waals surface area contributed by atoms with E-state index in [2.05, 4.69) is 20.5 Å². The van der Waals surface area contributed by atoms with Gasteiger partial charge in [0.1, 0.15) is 17.1 Å². The number of aryl methyl sites for hydroxylation is 1. The maximum Gasteiger partial charge on any atom is 0.344 e. The Bertz CT molecular complexity index is 1570. The number of fused-ring (bicyclic) bond motifs is 3. The summed E-state index contributed by atoms with van der Waals surface area (Å²) in [7, 11) is 5.71. The summed E-state index contributed by atoms with van der Waals surface area (Å²) in [6.45, 7) is 5.10. The predicted octanol–water partition coefficient (Wildman–Crippen LogP) is 4.45. The number of pyridine rings is 1. The maximum atomic E-state index is 13.4. The van der Waals surface area contributed by atoms with Gasteiger partial charge in [0.25, 0.3) is 0 Å². The van der Waals surface area contributed by atoms with Gasteiger partial charge in [0.15, 0.2) is 12.4 Å². The average molecular weight is 619 g/mol. The summed E-state index contributed by atoms with van der Waals surface area (Å²) in [4.78, 5) is 38.6. The fourth-order valence-corrected chi connectivity index (χ4v) is 5.40. The van der Waals surface area contributed by atoms with Crippen molar-refractivity contribution in [1.29, 1.82) is 0 Å². The highest BCUT2D eigenvalue weighted by molar-refractivity contribution is 6.06. The smallest absolute Gasteiger partial charge is 0.344 e. The molecule has 0 bridgehead atoms. The number of carbonyl (C=O) groups is 2. The molecule has 0 radical (unpaired) electrons. The normalized spacial score (nSPS) is 11.4. The molecule has 45 heavy (non-hydrogen) atoms. The van der Waals surface area contributed by atoms with Crippen molar-refractivity contribution in [3.63, 3.8) is 0 Å². The van der Waals surface area contributed by atoms with Gasteiger partial charge in [-0.1, -0.05) is 30.3 Å². The number of benzene rings is 2. The maximum absolute atomic E-state index is 13.4. The van der Waals surface area contributed by atoms with Crippen molar-refractivity contribution in [2.45, 2.75) is 52.1 Å². The molecular formula is C34H46N6O5. The number of nitrogens with two attached hydrogens (primary N) is 1. The third kappa shape index (κ3) is 9.39. The molecule has 11 heteroatoms. The minimum atomic E-state index is -0.413. The molecule has 4 aromatic rings. The molecule has 4 rings (SSSR count). The standard InChI is InChI=1S/C34H46N6O5/c1-5-44-31(42)24-45-26-13-10-12-25(22-26)23-39(30(41)16-11-18-38(2)3)19-8-9-20-40-29(17-21-43-4)37-32-33(40)27-14-6-7-15-28(27)36-34(32)35/h6-7,10,12-15,22H,5,8-9,11,16-21,23-24H2,1-4H3,(H2,35,36). The number of hydrogen-bond acceptors (Lipinski definition) is 9. The SMILES string of the molecule is CCOC(=O)COc1cccc(CN(CCCCn2c(CCOC)nc3c(N)nc4ccccc4c32)C(=O)CCCN(C)C)c1. The van der Waals surface area contributed by atoms with Gasteiger partial charge in [-0.05, 0) is 70.6 Å². The summed E-state index contributed by atoms with van der Waals surface area (Å²) in [5.41, 5.74) is 9.83. The molecule has 0 saturated carbocycles. The summed E-state index contributed by atoms with van der Waals surface area (Å²) >= 11 is 0. The molecule has 0 aliphatic heterocycles. The lowest BCUT2D eigenvalue weighted by atomic mass is 10.1. The Balaban J connectivity index is 1.48. The second kappa shape index (κ2) is 16.7. The number of carbonyl (C=O) groups excluding carboxylic acids is 2. The number of hydrogen-bond donors (Lipinski definition) is 1. The number of unbranched alkanes of at least 4 members (excludes halogenated alkanes) is 1. The van der Waals surface area contributed by atoms with Crippen molar-refractivity contribution in [3.05, 3.63) is 59.9 Å². The van der Waals surface area contributed by atoms with E-state index in [4.69, 9.17) is 24.9 Å². The van der Waals surface area contributed by atoms with E-state index < -0.39 is 5.97 Å². The van der Waals surface area contributed by atoms with Crippen LogP contribution >= 0.6 is 0 Å². The van der Waals surface area contributed by atoms with Crippen LogP contribution in [-0.4, -0.2) is 90.3 Å². The van der Waals surface area contributed by atoms with Gasteiger partial charge < -0.3 is 34.3 Å². The molecule has 242 valence electrons. The van der Waals surface area contributed by atoms with E-state index in [9.17, 15) is 9.59 Å². The summed E-state index contributed by atoms with van der Waals surface area (Å²) in [6.07, 6.45) is 3.57. The summed E-state index contributed by atoms with van der Waals surface area (Å²) in [5.74, 6) is 1.60. The lowest BCUT2D eigenvalue weighted by Crippen LogP contribution is -2.32. The number of aromatic nitrogens is 3. The van der Waals surface area contributed by atoms with E-state index in [1.807, 2.05) is 55.4 Å². The summed E-state index contributed by atoms with van der Waals surface area (Å²) in [5, 5.41) is 1.01. The zero-order valence-electron chi connectivity index (χ0n) is 27.0. The number of para-hydroxylation sites is 1. The number of ether oxygens (including phenoxy) is 3. The minimum Gasteiger partial charge on any atom is -0.482 e. The highest BCUT2D eigenvalue weighted by Crippen LogP contribution is 2.29. The Kier molecular flexibility index (Phi) is 12.5. The number of anilines is 1. The molecule has 0 atom stereocenters. The quantitative estimate of drug-likeness (QED) is 0.127. The molecule has 0 aliphatic rings. The third-order valence-electron chi connectivity index (χ3n) is 7.56. The van der Waals surface area contributed by atoms with Crippen molar-refractivity contribution in [2.24, 2.45) is 0 Å². The fourth-order valence-electron chi connectivity index (χ4n) is 5.40. The summed E-state index contributed by atoms with van der Waals surface area (Å²) in [6, 6.07) is 15.5. The monoisotopic (exact) mass is 618 g/mol. The Morgan fingerprint density at radius 1 is 1.00 bits per heavy atom. The van der Waals surface area contributed by atoms with E-state index in [0.29, 0.717) is 56.2 Å². The molecule has 0 fully saturated rings. The molecule has 2 aromatic carbocycles. The Morgan fingerprint density at radius 3 is 2.60 bits per heavy atom. The van der Waals surface area contributed by atoms with Gasteiger partial charge in [-0.25, -0.2) is 14.8 Å². The van der Waals surface area contributed by atoms with Gasteiger partial charge in [0.2, 0.25) is 5.91 Å². The number of methoxy groups -OCH3 is 1. The van der Waals surface area contributed by atoms with E-state index in [0.717, 1.165) is 60.2 Å². The molecule has 2 aromatic heterocycles. The number of esters is 1. The lowest BCUT2D eigenvalue weighted by Gasteiger charge is -2.24. The fraction of sp³-hybridized carbons (Fsp3) is 0.471. The van der Waals surface area contributed by atoms with Crippen LogP contribution in [0, 0.1) is 0 Å². The zero-order chi connectivity index (χ0) is 32.2. The van der Waals surface area contributed by atoms with Crippen LogP contribution in [0.15, 0.2) is 48.5 Å². The van der Waals surface area contributed by atoms with Crippen LogP contribution in [-0.2, 0) is 38.6 Å². The van der Waals surface area contributed by atoms with Gasteiger partial charge in [-0.2, -0.15) is 0 Å². The first kappa shape index (κ1) is 33.7. The number of nitrogen functional groups attached to an aromatic ring is 1. The number of imidazole rings is 1. The van der Waals surface area contributed by atoms with Crippen molar-refractivity contribution in [2.75, 3.05) is 59.8 Å². The average Bonchev–Trinajstić information content (AvgIpc) is 3.39. The largest absolute Gasteiger partial charge is 0.482 e. The predicted molar refractivity (Wildman–Crippen MR) is 176 cm³/mol. The Hall–Kier alpha value is -4.22. The zero-order valence-corrected chi connectivity index (χ0v) is 27.0. The van der Waals surface area contributed by atoms with E-state index >= 15 is 0 Å². The van der Waals surface area contributed by atoms with E-state index in [1.165, 1.54) is 0 Å². The van der Waals surface area contributed by atoms with Gasteiger partial charge >= 0.3 is 5.97 Å². The third-order valence-corrected chi connectivity index (χ3v) is 7.56. The van der Waals surface area contributed by atoms with Crippen LogP contribution in [0.1, 0.15) is 44.0 Å². The number of nitrogens with zero attached hydrogens (tertiary/aromatic N) is 5. The van der Waals surface area contributed by atoms with E-state index in [-0.39, 0.29) is 12.5 Å². The first-order chi connectivity index (χ1) is 21.8. The van der Waals surface area contributed by atoms with Crippen LogP contribution in [0.25, 0.3) is 21.9 Å². The molecule has 0 aliphatic carbocycles. The van der Waals surface area contributed by atoms with Gasteiger partial charge in [-0.3, -0.25) is 4.79 Å². The van der Waals surface area contributed by atoms with Gasteiger partial charge in [0, 0.05) is 45.0 Å². The van der Waals surface area contributed by atoms with Crippen LogP contribution in [0.2, 0.25) is 0 Å². The second-order valence-electron chi connectivity index (χ2n) is 11.3. The molecule has 0 spiro atoms. The Labute approximate surface area is 265 Å². The van der Waals surface area contributed by atoms with Crippen molar-refractivity contribution < 1.29 is 23.8 Å². The first-order valence-corrected chi connectivity index (χ1v) is 15.6. The number of rotatable bonds is 18. The van der Waals surface area contributed by atoms with Crippen LogP contribution in [0.4, 0.5) is 5.82 Å². The molecule has 11 nitrogen and oxygen atoms in total. The topological polar surface area (TPSA) is 125 Å². The van der Waals surface area contributed by atoms with Crippen LogP contribution in [0.3, 0.4) is 0 Å². The first-order valence-electron chi connectivity index (χ1n) is 15.6. The van der Waals surface area contributed by atoms with Crippen molar-refractivity contribution >= 4 is 39.6 Å². The van der Waals surface area contributed by atoms with Crippen LogP contribution in [0.5, 0.6) is 5.75 Å². The van der Waals surface area contributed by atoms with Gasteiger partial charge in [-0.15, -0.1) is 0 Å². The molecule has 1 amide bonds. The van der Waals surface area contributed by atoms with Crippen molar-refractivity contribution in [1.82, 2.24) is 24.3 Å². The molecule has 2 N–H and O–H groups in total.